The number of hydrogen-bond donors (Lipinski definition) is 1. The van der Waals surface area contributed by atoms with Gasteiger partial charge in [0.25, 0.3) is 0 Å². The maximum atomic E-state index is 6.19. The highest BCUT2D eigenvalue weighted by molar-refractivity contribution is 6.30. The van der Waals surface area contributed by atoms with Crippen molar-refractivity contribution < 1.29 is 4.74 Å². The lowest BCUT2D eigenvalue weighted by molar-refractivity contribution is 0.206. The molecule has 124 valence electrons. The third-order valence-corrected chi connectivity index (χ3v) is 4.43. The lowest BCUT2D eigenvalue weighted by atomic mass is 9.96. The van der Waals surface area contributed by atoms with Crippen molar-refractivity contribution in [1.82, 2.24) is 0 Å². The Balaban J connectivity index is 1.65. The number of benzene rings is 3. The first kappa shape index (κ1) is 15.7. The van der Waals surface area contributed by atoms with Crippen LogP contribution in [0.15, 0.2) is 84.0 Å². The van der Waals surface area contributed by atoms with Crippen molar-refractivity contribution in [1.29, 1.82) is 0 Å². The summed E-state index contributed by atoms with van der Waals surface area (Å²) in [5.41, 5.74) is 7.18. The average molecular weight is 349 g/mol. The molecular formula is C21H17ClN2O. The highest BCUT2D eigenvalue weighted by Gasteiger charge is 2.25. The van der Waals surface area contributed by atoms with Crippen LogP contribution < -0.4 is 10.2 Å². The third kappa shape index (κ3) is 3.52. The van der Waals surface area contributed by atoms with Crippen molar-refractivity contribution in [3.8, 4) is 5.75 Å². The van der Waals surface area contributed by atoms with Crippen LogP contribution in [-0.4, -0.2) is 5.71 Å². The molecule has 3 aromatic rings. The molecule has 4 rings (SSSR count). The molecule has 1 atom stereocenters. The van der Waals surface area contributed by atoms with Gasteiger partial charge in [-0.1, -0.05) is 54.1 Å². The number of fused-ring (bicyclic) bond motifs is 1. The number of nitrogens with one attached hydrogen (secondary N) is 1. The molecule has 3 nitrogen and oxygen atoms in total. The van der Waals surface area contributed by atoms with E-state index in [-0.39, 0.29) is 6.10 Å². The number of nitrogens with zero attached hydrogens (tertiary/aromatic N) is 1. The van der Waals surface area contributed by atoms with Crippen molar-refractivity contribution in [3.05, 3.63) is 95.0 Å². The van der Waals surface area contributed by atoms with Crippen molar-refractivity contribution in [2.75, 3.05) is 5.43 Å². The first-order chi connectivity index (χ1) is 12.3. The van der Waals surface area contributed by atoms with E-state index >= 15 is 0 Å². The molecule has 0 saturated heterocycles. The van der Waals surface area contributed by atoms with Gasteiger partial charge in [0, 0.05) is 17.0 Å². The summed E-state index contributed by atoms with van der Waals surface area (Å²) in [5, 5.41) is 5.35. The van der Waals surface area contributed by atoms with Crippen LogP contribution in [0.5, 0.6) is 5.75 Å². The predicted molar refractivity (Wildman–Crippen MR) is 102 cm³/mol. The van der Waals surface area contributed by atoms with E-state index < -0.39 is 0 Å². The number of para-hydroxylation sites is 1. The lowest BCUT2D eigenvalue weighted by Crippen LogP contribution is -2.21. The Morgan fingerprint density at radius 1 is 0.880 bits per heavy atom. The number of ether oxygens (including phenoxy) is 1. The zero-order valence-corrected chi connectivity index (χ0v) is 14.3. The number of anilines is 1. The van der Waals surface area contributed by atoms with E-state index in [0.29, 0.717) is 11.4 Å². The van der Waals surface area contributed by atoms with E-state index in [1.807, 2.05) is 66.7 Å². The monoisotopic (exact) mass is 348 g/mol. The molecule has 25 heavy (non-hydrogen) atoms. The second-order valence-electron chi connectivity index (χ2n) is 5.89. The number of rotatable bonds is 3. The predicted octanol–water partition coefficient (Wildman–Crippen LogP) is 5.68. The van der Waals surface area contributed by atoms with Crippen molar-refractivity contribution in [2.45, 2.75) is 12.5 Å². The maximum Gasteiger partial charge on any atom is 0.129 e. The summed E-state index contributed by atoms with van der Waals surface area (Å²) in [5.74, 6) is 0.860. The van der Waals surface area contributed by atoms with Crippen LogP contribution in [0.1, 0.15) is 23.7 Å². The molecule has 0 bridgehead atoms. The fraction of sp³-hybridized carbons (Fsp3) is 0.0952. The van der Waals surface area contributed by atoms with Gasteiger partial charge >= 0.3 is 0 Å². The van der Waals surface area contributed by atoms with Crippen molar-refractivity contribution in [2.24, 2.45) is 5.10 Å². The molecule has 0 fully saturated rings. The number of hydrogen-bond acceptors (Lipinski definition) is 3. The third-order valence-electron chi connectivity index (χ3n) is 4.18. The highest BCUT2D eigenvalue weighted by Crippen LogP contribution is 2.35. The molecule has 0 aromatic heterocycles. The van der Waals surface area contributed by atoms with Crippen LogP contribution in [-0.2, 0) is 0 Å². The molecule has 1 aliphatic rings. The first-order valence-corrected chi connectivity index (χ1v) is 8.56. The molecule has 3 aromatic carbocycles. The summed E-state index contributed by atoms with van der Waals surface area (Å²) in [4.78, 5) is 0. The van der Waals surface area contributed by atoms with E-state index in [4.69, 9.17) is 16.3 Å². The minimum absolute atomic E-state index is 0.0399. The fourth-order valence-electron chi connectivity index (χ4n) is 2.90. The van der Waals surface area contributed by atoms with E-state index in [9.17, 15) is 0 Å². The summed E-state index contributed by atoms with van der Waals surface area (Å²) in [6.07, 6.45) is 0.670. The minimum Gasteiger partial charge on any atom is -0.485 e. The van der Waals surface area contributed by atoms with Gasteiger partial charge in [0.05, 0.1) is 11.4 Å². The molecule has 0 saturated carbocycles. The average Bonchev–Trinajstić information content (AvgIpc) is 2.68. The fourth-order valence-corrected chi connectivity index (χ4v) is 3.03. The van der Waals surface area contributed by atoms with Crippen LogP contribution in [0.3, 0.4) is 0 Å². The van der Waals surface area contributed by atoms with E-state index in [1.54, 1.807) is 0 Å². The first-order valence-electron chi connectivity index (χ1n) is 8.19. The number of halogens is 1. The van der Waals surface area contributed by atoms with Gasteiger partial charge in [0.15, 0.2) is 0 Å². The van der Waals surface area contributed by atoms with Crippen LogP contribution in [0.25, 0.3) is 0 Å². The van der Waals surface area contributed by atoms with Gasteiger partial charge in [-0.2, -0.15) is 5.10 Å². The Morgan fingerprint density at radius 2 is 1.60 bits per heavy atom. The topological polar surface area (TPSA) is 33.6 Å². The summed E-state index contributed by atoms with van der Waals surface area (Å²) < 4.78 is 6.19. The van der Waals surface area contributed by atoms with E-state index in [0.717, 1.165) is 28.3 Å². The standard InChI is InChI=1S/C21H17ClN2O/c22-16-10-12-17(13-11-16)23-24-19-14-21(15-6-2-1-3-7-15)25-20-9-5-4-8-18(19)20/h1-13,21,23H,14H2/b24-19-. The molecule has 0 spiro atoms. The van der Waals surface area contributed by atoms with Gasteiger partial charge in [-0.25, -0.2) is 0 Å². The summed E-state index contributed by atoms with van der Waals surface area (Å²) in [6, 6.07) is 25.8. The zero-order valence-electron chi connectivity index (χ0n) is 13.5. The SMILES string of the molecule is Clc1ccc(N/N=C2/CC(c3ccccc3)Oc3ccccc32)cc1. The normalized spacial score (nSPS) is 17.6. The van der Waals surface area contributed by atoms with Crippen LogP contribution >= 0.6 is 11.6 Å². The Bertz CT molecular complexity index is 891. The Morgan fingerprint density at radius 3 is 2.40 bits per heavy atom. The van der Waals surface area contributed by atoms with Gasteiger partial charge in [-0.05, 0) is 42.0 Å². The smallest absolute Gasteiger partial charge is 0.129 e. The van der Waals surface area contributed by atoms with Gasteiger partial charge < -0.3 is 4.74 Å². The molecule has 4 heteroatoms. The maximum absolute atomic E-state index is 6.19. The van der Waals surface area contributed by atoms with Crippen molar-refractivity contribution >= 4 is 23.0 Å². The molecule has 1 unspecified atom stereocenters. The van der Waals surface area contributed by atoms with Crippen LogP contribution in [0.2, 0.25) is 5.02 Å². The van der Waals surface area contributed by atoms with Gasteiger partial charge in [0.2, 0.25) is 0 Å². The van der Waals surface area contributed by atoms with Gasteiger partial charge in [-0.15, -0.1) is 0 Å². The Labute approximate surface area is 151 Å². The van der Waals surface area contributed by atoms with Crippen molar-refractivity contribution in [3.63, 3.8) is 0 Å². The zero-order chi connectivity index (χ0) is 17.1. The number of hydrazone groups is 1. The second-order valence-corrected chi connectivity index (χ2v) is 6.33. The van der Waals surface area contributed by atoms with Crippen LogP contribution in [0.4, 0.5) is 5.69 Å². The van der Waals surface area contributed by atoms with Gasteiger partial charge in [-0.3, -0.25) is 5.43 Å². The molecule has 1 heterocycles. The van der Waals surface area contributed by atoms with E-state index in [1.165, 1.54) is 0 Å². The Kier molecular flexibility index (Phi) is 4.40. The molecule has 1 N–H and O–H groups in total. The molecule has 0 aliphatic carbocycles. The largest absolute Gasteiger partial charge is 0.485 e. The highest BCUT2D eigenvalue weighted by atomic mass is 35.5. The Hall–Kier alpha value is -2.78. The lowest BCUT2D eigenvalue weighted by Gasteiger charge is -2.27. The quantitative estimate of drug-likeness (QED) is 0.618. The van der Waals surface area contributed by atoms with Crippen LogP contribution in [0, 0.1) is 0 Å². The minimum atomic E-state index is -0.0399. The summed E-state index contributed by atoms with van der Waals surface area (Å²) in [7, 11) is 0. The summed E-state index contributed by atoms with van der Waals surface area (Å²) in [6.45, 7) is 0. The van der Waals surface area contributed by atoms with E-state index in [2.05, 4.69) is 22.7 Å². The van der Waals surface area contributed by atoms with Gasteiger partial charge in [0.1, 0.15) is 11.9 Å². The second kappa shape index (κ2) is 6.99. The molecule has 1 aliphatic heterocycles. The summed E-state index contributed by atoms with van der Waals surface area (Å²) >= 11 is 5.93. The molecular weight excluding hydrogens is 332 g/mol. The molecule has 0 amide bonds. The molecule has 0 radical (unpaired) electrons.